The summed E-state index contributed by atoms with van der Waals surface area (Å²) in [7, 11) is 1.65. The molecule has 5 heteroatoms. The number of rotatable bonds is 7. The Hall–Kier alpha value is -3.78. The van der Waals surface area contributed by atoms with Gasteiger partial charge in [0.2, 0.25) is 6.41 Å². The highest BCUT2D eigenvalue weighted by molar-refractivity contribution is 5.58. The number of nitriles is 1. The van der Waals surface area contributed by atoms with Gasteiger partial charge in [-0.15, -0.1) is 0 Å². The van der Waals surface area contributed by atoms with Crippen LogP contribution in [0, 0.1) is 25.2 Å². The first kappa shape index (κ1) is 22.4. The van der Waals surface area contributed by atoms with Gasteiger partial charge in [-0.1, -0.05) is 35.9 Å². The summed E-state index contributed by atoms with van der Waals surface area (Å²) >= 11 is 0. The minimum absolute atomic E-state index is 0.160. The number of nitrogens with zero attached hydrogens (tertiary/aromatic N) is 2. The van der Waals surface area contributed by atoms with Crippen LogP contribution in [0.25, 0.3) is 0 Å². The van der Waals surface area contributed by atoms with E-state index in [1.165, 1.54) is 11.1 Å². The van der Waals surface area contributed by atoms with Crippen LogP contribution in [-0.4, -0.2) is 31.6 Å². The van der Waals surface area contributed by atoms with Gasteiger partial charge in [-0.05, 0) is 72.4 Å². The molecule has 0 saturated heterocycles. The van der Waals surface area contributed by atoms with Crippen LogP contribution < -0.4 is 9.47 Å². The molecule has 1 unspecified atom stereocenters. The van der Waals surface area contributed by atoms with Gasteiger partial charge in [0.25, 0.3) is 0 Å². The molecule has 1 aliphatic rings. The van der Waals surface area contributed by atoms with E-state index in [4.69, 9.17) is 14.7 Å². The molecule has 4 rings (SSSR count). The first-order chi connectivity index (χ1) is 16.0. The maximum atomic E-state index is 12.0. The fourth-order valence-electron chi connectivity index (χ4n) is 4.59. The number of ether oxygens (including phenoxy) is 2. The van der Waals surface area contributed by atoms with E-state index >= 15 is 0 Å². The van der Waals surface area contributed by atoms with Crippen LogP contribution in [0.3, 0.4) is 0 Å². The SMILES string of the molecule is COc1cc2c(cc1OCCc1cccc(C#N)c1)C(c1ccc(C)cc1C)N(C=O)CC2. The molecule has 3 aromatic carbocycles. The number of methoxy groups -OCH3 is 1. The molecule has 3 aromatic rings. The van der Waals surface area contributed by atoms with Crippen molar-refractivity contribution in [2.45, 2.75) is 32.7 Å². The summed E-state index contributed by atoms with van der Waals surface area (Å²) in [4.78, 5) is 13.8. The van der Waals surface area contributed by atoms with Crippen molar-refractivity contribution in [3.8, 4) is 17.6 Å². The molecule has 168 valence electrons. The normalized spacial score (nSPS) is 14.8. The summed E-state index contributed by atoms with van der Waals surface area (Å²) in [6.07, 6.45) is 2.39. The lowest BCUT2D eigenvalue weighted by molar-refractivity contribution is -0.119. The number of amides is 1. The highest BCUT2D eigenvalue weighted by Crippen LogP contribution is 2.41. The lowest BCUT2D eigenvalue weighted by atomic mass is 9.86. The molecule has 0 fully saturated rings. The number of carbonyl (C=O) groups excluding carboxylic acids is 1. The van der Waals surface area contributed by atoms with Gasteiger partial charge in [-0.3, -0.25) is 4.79 Å². The third-order valence-electron chi connectivity index (χ3n) is 6.25. The molecule has 0 radical (unpaired) electrons. The third kappa shape index (κ3) is 4.70. The summed E-state index contributed by atoms with van der Waals surface area (Å²) < 4.78 is 11.8. The minimum Gasteiger partial charge on any atom is -0.493 e. The predicted molar refractivity (Wildman–Crippen MR) is 128 cm³/mol. The van der Waals surface area contributed by atoms with E-state index in [9.17, 15) is 4.79 Å². The van der Waals surface area contributed by atoms with Crippen molar-refractivity contribution in [1.82, 2.24) is 4.90 Å². The lowest BCUT2D eigenvalue weighted by Crippen LogP contribution is -2.35. The van der Waals surface area contributed by atoms with Gasteiger partial charge >= 0.3 is 0 Å². The van der Waals surface area contributed by atoms with Crippen molar-refractivity contribution in [2.75, 3.05) is 20.3 Å². The van der Waals surface area contributed by atoms with Gasteiger partial charge in [0.15, 0.2) is 11.5 Å². The molecule has 0 N–H and O–H groups in total. The largest absolute Gasteiger partial charge is 0.493 e. The zero-order valence-corrected chi connectivity index (χ0v) is 19.3. The molecule has 1 atom stereocenters. The highest BCUT2D eigenvalue weighted by atomic mass is 16.5. The maximum Gasteiger partial charge on any atom is 0.210 e. The fraction of sp³-hybridized carbons (Fsp3) is 0.286. The van der Waals surface area contributed by atoms with Crippen LogP contribution >= 0.6 is 0 Å². The molecule has 5 nitrogen and oxygen atoms in total. The molecule has 1 aliphatic heterocycles. The van der Waals surface area contributed by atoms with Crippen LogP contribution in [0.4, 0.5) is 0 Å². The Balaban J connectivity index is 1.66. The average Bonchev–Trinajstić information content (AvgIpc) is 2.83. The molecule has 1 amide bonds. The van der Waals surface area contributed by atoms with Crippen molar-refractivity contribution in [3.05, 3.63) is 93.5 Å². The van der Waals surface area contributed by atoms with Crippen LogP contribution in [0.5, 0.6) is 11.5 Å². The Labute approximate surface area is 195 Å². The van der Waals surface area contributed by atoms with E-state index in [1.54, 1.807) is 13.2 Å². The summed E-state index contributed by atoms with van der Waals surface area (Å²) in [6.45, 7) is 5.28. The maximum absolute atomic E-state index is 12.0. The van der Waals surface area contributed by atoms with Crippen molar-refractivity contribution in [1.29, 1.82) is 5.26 Å². The zero-order chi connectivity index (χ0) is 23.4. The van der Waals surface area contributed by atoms with Crippen LogP contribution in [0.2, 0.25) is 0 Å². The first-order valence-electron chi connectivity index (χ1n) is 11.1. The van der Waals surface area contributed by atoms with E-state index in [2.05, 4.69) is 38.1 Å². The van der Waals surface area contributed by atoms with E-state index in [-0.39, 0.29) is 6.04 Å². The van der Waals surface area contributed by atoms with Crippen LogP contribution in [0.1, 0.15) is 45.0 Å². The second kappa shape index (κ2) is 9.79. The Bertz CT molecular complexity index is 1210. The number of aryl methyl sites for hydroxylation is 2. The summed E-state index contributed by atoms with van der Waals surface area (Å²) in [5, 5.41) is 9.11. The predicted octanol–water partition coefficient (Wildman–Crippen LogP) is 4.91. The van der Waals surface area contributed by atoms with E-state index in [0.29, 0.717) is 36.6 Å². The van der Waals surface area contributed by atoms with Crippen LogP contribution in [0.15, 0.2) is 54.6 Å². The number of hydrogen-bond donors (Lipinski definition) is 0. The van der Waals surface area contributed by atoms with Crippen LogP contribution in [-0.2, 0) is 17.6 Å². The number of fused-ring (bicyclic) bond motifs is 1. The lowest BCUT2D eigenvalue weighted by Gasteiger charge is -2.36. The Kier molecular flexibility index (Phi) is 6.65. The highest BCUT2D eigenvalue weighted by Gasteiger charge is 2.30. The standard InChI is InChI=1S/C28H28N2O3/c1-19-7-8-24(20(2)13-19)28-25-16-27(26(32-3)15-23(25)9-11-30(28)18-31)33-12-10-21-5-4-6-22(14-21)17-29/h4-8,13-16,18,28H,9-12H2,1-3H3. The molecule has 1 heterocycles. The van der Waals surface area contributed by atoms with E-state index < -0.39 is 0 Å². The molecule has 0 aromatic heterocycles. The van der Waals surface area contributed by atoms with E-state index in [1.807, 2.05) is 35.2 Å². The van der Waals surface area contributed by atoms with Crippen molar-refractivity contribution < 1.29 is 14.3 Å². The summed E-state index contributed by atoms with van der Waals surface area (Å²) in [5.74, 6) is 1.36. The average molecular weight is 441 g/mol. The molecule has 33 heavy (non-hydrogen) atoms. The van der Waals surface area contributed by atoms with Gasteiger partial charge in [0.1, 0.15) is 0 Å². The molecular formula is C28H28N2O3. The smallest absolute Gasteiger partial charge is 0.210 e. The fourth-order valence-corrected chi connectivity index (χ4v) is 4.59. The molecule has 0 saturated carbocycles. The Morgan fingerprint density at radius 1 is 1.09 bits per heavy atom. The minimum atomic E-state index is -0.160. The van der Waals surface area contributed by atoms with Gasteiger partial charge in [0, 0.05) is 13.0 Å². The second-order valence-electron chi connectivity index (χ2n) is 8.47. The first-order valence-corrected chi connectivity index (χ1v) is 11.1. The molecular weight excluding hydrogens is 412 g/mol. The Morgan fingerprint density at radius 3 is 2.67 bits per heavy atom. The van der Waals surface area contributed by atoms with Gasteiger partial charge in [-0.25, -0.2) is 0 Å². The van der Waals surface area contributed by atoms with Gasteiger partial charge in [0.05, 0.1) is 31.4 Å². The zero-order valence-electron chi connectivity index (χ0n) is 19.3. The van der Waals surface area contributed by atoms with Crippen molar-refractivity contribution in [2.24, 2.45) is 0 Å². The molecule has 0 spiro atoms. The van der Waals surface area contributed by atoms with E-state index in [0.717, 1.165) is 35.1 Å². The van der Waals surface area contributed by atoms with Gasteiger partial charge < -0.3 is 14.4 Å². The summed E-state index contributed by atoms with van der Waals surface area (Å²) in [5.41, 5.74) is 7.42. The Morgan fingerprint density at radius 2 is 1.94 bits per heavy atom. The van der Waals surface area contributed by atoms with Crippen molar-refractivity contribution in [3.63, 3.8) is 0 Å². The molecule has 0 aliphatic carbocycles. The monoisotopic (exact) mass is 440 g/mol. The van der Waals surface area contributed by atoms with Crippen molar-refractivity contribution >= 4 is 6.41 Å². The number of hydrogen-bond acceptors (Lipinski definition) is 4. The molecule has 0 bridgehead atoms. The number of carbonyl (C=O) groups is 1. The topological polar surface area (TPSA) is 62.6 Å². The number of benzene rings is 3. The quantitative estimate of drug-likeness (QED) is 0.490. The summed E-state index contributed by atoms with van der Waals surface area (Å²) in [6, 6.07) is 20.0. The van der Waals surface area contributed by atoms with Gasteiger partial charge in [-0.2, -0.15) is 5.26 Å². The third-order valence-corrected chi connectivity index (χ3v) is 6.25. The second-order valence-corrected chi connectivity index (χ2v) is 8.47.